The highest BCUT2D eigenvalue weighted by Crippen LogP contribution is 2.25. The van der Waals surface area contributed by atoms with Gasteiger partial charge in [-0.2, -0.15) is 9.57 Å². The van der Waals surface area contributed by atoms with Crippen molar-refractivity contribution in [3.63, 3.8) is 0 Å². The third kappa shape index (κ3) is 2.40. The summed E-state index contributed by atoms with van der Waals surface area (Å²) in [6.45, 7) is 2.53. The van der Waals surface area contributed by atoms with Gasteiger partial charge in [0.15, 0.2) is 0 Å². The molecule has 4 nitrogen and oxygen atoms in total. The number of rotatable bonds is 2. The molecule has 1 aliphatic heterocycles. The van der Waals surface area contributed by atoms with E-state index in [1.807, 2.05) is 13.0 Å². The molecular formula is C13H16N2O2S. The van der Waals surface area contributed by atoms with Crippen molar-refractivity contribution in [3.8, 4) is 6.07 Å². The van der Waals surface area contributed by atoms with Gasteiger partial charge in [0.1, 0.15) is 0 Å². The second-order valence-electron chi connectivity index (χ2n) is 4.60. The van der Waals surface area contributed by atoms with Crippen molar-refractivity contribution in [3.05, 3.63) is 29.8 Å². The molecule has 5 heteroatoms. The summed E-state index contributed by atoms with van der Waals surface area (Å²) >= 11 is 0. The van der Waals surface area contributed by atoms with Gasteiger partial charge >= 0.3 is 0 Å². The summed E-state index contributed by atoms with van der Waals surface area (Å²) in [6.07, 6.45) is 2.91. The van der Waals surface area contributed by atoms with Crippen molar-refractivity contribution in [1.82, 2.24) is 4.31 Å². The first-order valence-electron chi connectivity index (χ1n) is 6.08. The van der Waals surface area contributed by atoms with Gasteiger partial charge in [-0.05, 0) is 44.0 Å². The van der Waals surface area contributed by atoms with E-state index in [1.165, 1.54) is 12.1 Å². The number of hydrogen-bond acceptors (Lipinski definition) is 3. The van der Waals surface area contributed by atoms with Crippen LogP contribution in [0.5, 0.6) is 0 Å². The number of nitriles is 1. The van der Waals surface area contributed by atoms with Crippen molar-refractivity contribution >= 4 is 10.0 Å². The molecule has 0 saturated carbocycles. The molecule has 0 unspecified atom stereocenters. The van der Waals surface area contributed by atoms with E-state index in [2.05, 4.69) is 0 Å². The minimum Gasteiger partial charge on any atom is -0.207 e. The smallest absolute Gasteiger partial charge is 0.207 e. The maximum absolute atomic E-state index is 12.4. The molecule has 0 aliphatic carbocycles. The molecule has 0 spiro atoms. The molecule has 1 heterocycles. The van der Waals surface area contributed by atoms with E-state index < -0.39 is 10.0 Å². The molecule has 1 fully saturated rings. The van der Waals surface area contributed by atoms with Gasteiger partial charge in [-0.25, -0.2) is 8.42 Å². The Bertz CT molecular complexity index is 558. The van der Waals surface area contributed by atoms with E-state index in [-0.39, 0.29) is 10.9 Å². The Hall–Kier alpha value is -1.38. The van der Waals surface area contributed by atoms with Gasteiger partial charge in [0, 0.05) is 12.6 Å². The Morgan fingerprint density at radius 2 is 1.94 bits per heavy atom. The van der Waals surface area contributed by atoms with Crippen LogP contribution in [0.3, 0.4) is 0 Å². The average Bonchev–Trinajstić information content (AvgIpc) is 2.39. The number of piperidine rings is 1. The van der Waals surface area contributed by atoms with Gasteiger partial charge in [-0.1, -0.05) is 6.42 Å². The second kappa shape index (κ2) is 5.09. The van der Waals surface area contributed by atoms with Gasteiger partial charge in [0.05, 0.1) is 16.5 Å². The molecule has 0 N–H and O–H groups in total. The first-order chi connectivity index (χ1) is 8.55. The lowest BCUT2D eigenvalue weighted by atomic mass is 10.1. The fraction of sp³-hybridized carbons (Fsp3) is 0.462. The quantitative estimate of drug-likeness (QED) is 0.822. The number of hydrogen-bond donors (Lipinski definition) is 0. The standard InChI is InChI=1S/C13H16N2O2S/c1-11-4-2-3-9-15(11)18(16,17)13-7-5-12(10-14)6-8-13/h5-8,11H,2-4,9H2,1H3/t11-/m0/s1. The highest BCUT2D eigenvalue weighted by molar-refractivity contribution is 7.89. The molecule has 1 aromatic rings. The van der Waals surface area contributed by atoms with Gasteiger partial charge in [0.25, 0.3) is 0 Å². The lowest BCUT2D eigenvalue weighted by Gasteiger charge is -2.32. The second-order valence-corrected chi connectivity index (χ2v) is 6.49. The maximum atomic E-state index is 12.4. The summed E-state index contributed by atoms with van der Waals surface area (Å²) < 4.78 is 26.4. The third-order valence-electron chi connectivity index (χ3n) is 3.33. The predicted octanol–water partition coefficient (Wildman–Crippen LogP) is 2.12. The van der Waals surface area contributed by atoms with E-state index in [1.54, 1.807) is 16.4 Å². The molecule has 18 heavy (non-hydrogen) atoms. The Kier molecular flexibility index (Phi) is 3.69. The zero-order valence-electron chi connectivity index (χ0n) is 10.3. The van der Waals surface area contributed by atoms with Crippen LogP contribution in [-0.2, 0) is 10.0 Å². The van der Waals surface area contributed by atoms with E-state index in [0.717, 1.165) is 19.3 Å². The van der Waals surface area contributed by atoms with E-state index >= 15 is 0 Å². The summed E-state index contributed by atoms with van der Waals surface area (Å²) in [5.74, 6) is 0. The SMILES string of the molecule is C[C@H]1CCCCN1S(=O)(=O)c1ccc(C#N)cc1. The normalized spacial score (nSPS) is 21.4. The van der Waals surface area contributed by atoms with Crippen LogP contribution in [0.2, 0.25) is 0 Å². The van der Waals surface area contributed by atoms with E-state index in [4.69, 9.17) is 5.26 Å². The maximum Gasteiger partial charge on any atom is 0.243 e. The lowest BCUT2D eigenvalue weighted by molar-refractivity contribution is 0.268. The molecule has 0 radical (unpaired) electrons. The largest absolute Gasteiger partial charge is 0.243 e. The summed E-state index contributed by atoms with van der Waals surface area (Å²) in [4.78, 5) is 0.273. The first-order valence-corrected chi connectivity index (χ1v) is 7.52. The van der Waals surface area contributed by atoms with Crippen molar-refractivity contribution in [2.24, 2.45) is 0 Å². The number of benzene rings is 1. The minimum atomic E-state index is -3.41. The van der Waals surface area contributed by atoms with Crippen LogP contribution in [0, 0.1) is 11.3 Å². The molecule has 1 aromatic carbocycles. The highest BCUT2D eigenvalue weighted by atomic mass is 32.2. The van der Waals surface area contributed by atoms with Crippen LogP contribution in [-0.4, -0.2) is 25.3 Å². The van der Waals surface area contributed by atoms with Crippen LogP contribution in [0.25, 0.3) is 0 Å². The zero-order valence-corrected chi connectivity index (χ0v) is 11.2. The molecule has 1 aliphatic rings. The molecule has 96 valence electrons. The van der Waals surface area contributed by atoms with Gasteiger partial charge in [0.2, 0.25) is 10.0 Å². The fourth-order valence-corrected chi connectivity index (χ4v) is 3.97. The minimum absolute atomic E-state index is 0.0550. The molecular weight excluding hydrogens is 248 g/mol. The molecule has 0 amide bonds. The third-order valence-corrected chi connectivity index (χ3v) is 5.36. The number of nitrogens with zero attached hydrogens (tertiary/aromatic N) is 2. The van der Waals surface area contributed by atoms with Crippen LogP contribution in [0.4, 0.5) is 0 Å². The lowest BCUT2D eigenvalue weighted by Crippen LogP contribution is -2.41. The van der Waals surface area contributed by atoms with Crippen LogP contribution < -0.4 is 0 Å². The van der Waals surface area contributed by atoms with Gasteiger partial charge in [-0.15, -0.1) is 0 Å². The zero-order chi connectivity index (χ0) is 13.2. The Labute approximate surface area is 108 Å². The van der Waals surface area contributed by atoms with Crippen LogP contribution in [0.1, 0.15) is 31.7 Å². The van der Waals surface area contributed by atoms with Crippen molar-refractivity contribution in [2.45, 2.75) is 37.1 Å². The summed E-state index contributed by atoms with van der Waals surface area (Å²) in [5, 5.41) is 8.71. The monoisotopic (exact) mass is 264 g/mol. The molecule has 0 aromatic heterocycles. The van der Waals surface area contributed by atoms with Crippen LogP contribution in [0.15, 0.2) is 29.2 Å². The van der Waals surface area contributed by atoms with Gasteiger partial charge in [-0.3, -0.25) is 0 Å². The van der Waals surface area contributed by atoms with Gasteiger partial charge < -0.3 is 0 Å². The first kappa shape index (κ1) is 13.1. The van der Waals surface area contributed by atoms with Crippen molar-refractivity contribution in [1.29, 1.82) is 5.26 Å². The van der Waals surface area contributed by atoms with E-state index in [0.29, 0.717) is 12.1 Å². The molecule has 0 bridgehead atoms. The topological polar surface area (TPSA) is 61.2 Å². The predicted molar refractivity (Wildman–Crippen MR) is 68.4 cm³/mol. The Morgan fingerprint density at radius 1 is 1.28 bits per heavy atom. The van der Waals surface area contributed by atoms with E-state index in [9.17, 15) is 8.42 Å². The summed E-state index contributed by atoms with van der Waals surface area (Å²) in [7, 11) is -3.41. The Morgan fingerprint density at radius 3 is 2.50 bits per heavy atom. The Balaban J connectivity index is 2.32. The average molecular weight is 264 g/mol. The number of sulfonamides is 1. The molecule has 1 atom stereocenters. The molecule has 2 rings (SSSR count). The summed E-state index contributed by atoms with van der Waals surface area (Å²) in [6, 6.07) is 8.15. The van der Waals surface area contributed by atoms with Crippen LogP contribution >= 0.6 is 0 Å². The summed E-state index contributed by atoms with van der Waals surface area (Å²) in [5.41, 5.74) is 0.473. The van der Waals surface area contributed by atoms with Crippen molar-refractivity contribution in [2.75, 3.05) is 6.54 Å². The van der Waals surface area contributed by atoms with Crippen molar-refractivity contribution < 1.29 is 8.42 Å². The molecule has 1 saturated heterocycles. The highest BCUT2D eigenvalue weighted by Gasteiger charge is 2.30. The fourth-order valence-electron chi connectivity index (χ4n) is 2.27.